The lowest BCUT2D eigenvalue weighted by Crippen LogP contribution is -2.13. The van der Waals surface area contributed by atoms with Crippen LogP contribution < -0.4 is 0 Å². The van der Waals surface area contributed by atoms with Gasteiger partial charge in [0.25, 0.3) is 0 Å². The van der Waals surface area contributed by atoms with Crippen LogP contribution in [0, 0.1) is 11.8 Å². The average molecular weight is 423 g/mol. The Hall–Kier alpha value is -1.93. The molecule has 0 N–H and O–H groups in total. The molecule has 2 aromatic rings. The van der Waals surface area contributed by atoms with Crippen LogP contribution in [0.25, 0.3) is 11.1 Å². The van der Waals surface area contributed by atoms with Crippen LogP contribution in [0.1, 0.15) is 69.4 Å². The van der Waals surface area contributed by atoms with Crippen LogP contribution in [0.2, 0.25) is 0 Å². The van der Waals surface area contributed by atoms with Crippen LogP contribution in [0.5, 0.6) is 0 Å². The molecule has 1 nitrogen and oxygen atoms in total. The second-order valence-corrected chi connectivity index (χ2v) is 9.03. The number of alkyl halides is 1. The highest BCUT2D eigenvalue weighted by Gasteiger charge is 2.19. The minimum Gasteiger partial charge on any atom is -0.377 e. The fourth-order valence-electron chi connectivity index (χ4n) is 4.52. The first-order valence-corrected chi connectivity index (χ1v) is 12.3. The molecule has 1 aliphatic rings. The topological polar surface area (TPSA) is 9.23 Å². The molecule has 1 saturated carbocycles. The van der Waals surface area contributed by atoms with E-state index in [1.807, 2.05) is 0 Å². The summed E-state index contributed by atoms with van der Waals surface area (Å²) < 4.78 is 17.8. The van der Waals surface area contributed by atoms with E-state index in [1.54, 1.807) is 0 Å². The van der Waals surface area contributed by atoms with Crippen molar-refractivity contribution in [2.45, 2.75) is 71.3 Å². The molecular formula is C29H39FO. The first-order chi connectivity index (χ1) is 15.3. The average Bonchev–Trinajstić information content (AvgIpc) is 2.82. The van der Waals surface area contributed by atoms with Crippen molar-refractivity contribution in [2.75, 3.05) is 13.3 Å². The van der Waals surface area contributed by atoms with Gasteiger partial charge in [-0.1, -0.05) is 67.6 Å². The van der Waals surface area contributed by atoms with Crippen molar-refractivity contribution < 1.29 is 9.13 Å². The van der Waals surface area contributed by atoms with Crippen LogP contribution in [0.3, 0.4) is 0 Å². The molecule has 0 bridgehead atoms. The molecule has 2 heteroatoms. The van der Waals surface area contributed by atoms with Crippen LogP contribution in [0.15, 0.2) is 60.7 Å². The largest absolute Gasteiger partial charge is 0.377 e. The van der Waals surface area contributed by atoms with Crippen molar-refractivity contribution in [3.8, 4) is 11.1 Å². The highest BCUT2D eigenvalue weighted by molar-refractivity contribution is 5.63. The fraction of sp³-hybridized carbons (Fsp3) is 0.517. The molecule has 0 atom stereocenters. The third-order valence-electron chi connectivity index (χ3n) is 6.50. The Bertz CT molecular complexity index is 754. The normalized spacial score (nSPS) is 19.2. The van der Waals surface area contributed by atoms with E-state index < -0.39 is 0 Å². The zero-order valence-electron chi connectivity index (χ0n) is 19.2. The molecule has 0 spiro atoms. The minimum absolute atomic E-state index is 0.196. The van der Waals surface area contributed by atoms with Gasteiger partial charge in [0, 0.05) is 6.61 Å². The Balaban J connectivity index is 1.40. The third kappa shape index (κ3) is 8.26. The number of halogens is 1. The van der Waals surface area contributed by atoms with Gasteiger partial charge in [-0.3, -0.25) is 4.39 Å². The lowest BCUT2D eigenvalue weighted by molar-refractivity contribution is 0.121. The van der Waals surface area contributed by atoms with E-state index in [-0.39, 0.29) is 6.67 Å². The van der Waals surface area contributed by atoms with Crippen molar-refractivity contribution in [3.05, 3.63) is 71.8 Å². The number of allylic oxidation sites excluding steroid dienone is 2. The quantitative estimate of drug-likeness (QED) is 0.247. The van der Waals surface area contributed by atoms with Crippen LogP contribution in [-0.2, 0) is 17.8 Å². The number of rotatable bonds is 12. The summed E-state index contributed by atoms with van der Waals surface area (Å²) in [5.41, 5.74) is 5.23. The number of benzene rings is 2. The molecule has 1 fully saturated rings. The van der Waals surface area contributed by atoms with E-state index in [2.05, 4.69) is 67.6 Å². The van der Waals surface area contributed by atoms with Crippen molar-refractivity contribution >= 4 is 0 Å². The Morgan fingerprint density at radius 3 is 2.16 bits per heavy atom. The zero-order chi connectivity index (χ0) is 21.7. The van der Waals surface area contributed by atoms with Gasteiger partial charge in [0.1, 0.15) is 0 Å². The molecule has 3 rings (SSSR count). The molecule has 0 aromatic heterocycles. The Kier molecular flexibility index (Phi) is 10.3. The summed E-state index contributed by atoms with van der Waals surface area (Å²) >= 11 is 0. The number of ether oxygens (including phenoxy) is 1. The maximum absolute atomic E-state index is 12.2. The highest BCUT2D eigenvalue weighted by Crippen LogP contribution is 2.32. The zero-order valence-corrected chi connectivity index (χ0v) is 19.2. The second-order valence-electron chi connectivity index (χ2n) is 9.03. The summed E-state index contributed by atoms with van der Waals surface area (Å²) in [4.78, 5) is 0. The number of unbranched alkanes of at least 4 members (excludes halogenated alkanes) is 1. The van der Waals surface area contributed by atoms with E-state index in [4.69, 9.17) is 4.74 Å². The van der Waals surface area contributed by atoms with E-state index in [0.717, 1.165) is 31.3 Å². The first-order valence-electron chi connectivity index (χ1n) is 12.3. The van der Waals surface area contributed by atoms with Gasteiger partial charge >= 0.3 is 0 Å². The van der Waals surface area contributed by atoms with Crippen molar-refractivity contribution in [1.29, 1.82) is 0 Å². The fourth-order valence-corrected chi connectivity index (χ4v) is 4.52. The number of aryl methyl sites for hydroxylation is 1. The predicted octanol–water partition coefficient (Wildman–Crippen LogP) is 8.33. The second kappa shape index (κ2) is 13.5. The molecular weight excluding hydrogens is 383 g/mol. The summed E-state index contributed by atoms with van der Waals surface area (Å²) in [7, 11) is 0. The SMILES string of the molecule is CCCOCc1ccc(-c2ccc(CC[C@H]3CC[C@H](C=CCCCF)CC3)cc2)cc1. The molecule has 1 aliphatic carbocycles. The van der Waals surface area contributed by atoms with Crippen LogP contribution >= 0.6 is 0 Å². The maximum Gasteiger partial charge on any atom is 0.0897 e. The molecule has 31 heavy (non-hydrogen) atoms. The summed E-state index contributed by atoms with van der Waals surface area (Å²) in [5, 5.41) is 0. The summed E-state index contributed by atoms with van der Waals surface area (Å²) in [6.45, 7) is 3.46. The highest BCUT2D eigenvalue weighted by atomic mass is 19.1. The van der Waals surface area contributed by atoms with Gasteiger partial charge in [-0.15, -0.1) is 0 Å². The smallest absolute Gasteiger partial charge is 0.0897 e. The summed E-state index contributed by atoms with van der Waals surface area (Å²) in [6, 6.07) is 17.9. The van der Waals surface area contributed by atoms with E-state index in [9.17, 15) is 4.39 Å². The van der Waals surface area contributed by atoms with Gasteiger partial charge in [-0.05, 0) is 91.9 Å². The van der Waals surface area contributed by atoms with Crippen molar-refractivity contribution in [2.24, 2.45) is 11.8 Å². The van der Waals surface area contributed by atoms with Crippen LogP contribution in [-0.4, -0.2) is 13.3 Å². The van der Waals surface area contributed by atoms with Gasteiger partial charge < -0.3 is 4.74 Å². The Morgan fingerprint density at radius 1 is 0.903 bits per heavy atom. The molecule has 0 unspecified atom stereocenters. The molecule has 0 radical (unpaired) electrons. The predicted molar refractivity (Wildman–Crippen MR) is 130 cm³/mol. The Labute approximate surface area is 188 Å². The third-order valence-corrected chi connectivity index (χ3v) is 6.50. The van der Waals surface area contributed by atoms with Gasteiger partial charge in [-0.25, -0.2) is 0 Å². The summed E-state index contributed by atoms with van der Waals surface area (Å²) in [6.07, 6.45) is 14.9. The lowest BCUT2D eigenvalue weighted by Gasteiger charge is -2.26. The van der Waals surface area contributed by atoms with E-state index >= 15 is 0 Å². The summed E-state index contributed by atoms with van der Waals surface area (Å²) in [5.74, 6) is 1.58. The first kappa shape index (κ1) is 23.7. The number of hydrogen-bond donors (Lipinski definition) is 0. The van der Waals surface area contributed by atoms with E-state index in [1.165, 1.54) is 60.8 Å². The van der Waals surface area contributed by atoms with Gasteiger partial charge in [0.2, 0.25) is 0 Å². The Morgan fingerprint density at radius 2 is 1.55 bits per heavy atom. The standard InChI is InChI=1S/C29H39FO/c1-2-22-31-23-27-15-19-29(20-16-27)28-17-13-26(14-18-28)12-11-25-9-7-24(8-10-25)6-4-3-5-21-30/h4,6,13-20,24-25H,2-3,5,7-12,21-23H2,1H3/t24-,25-. The number of hydrogen-bond acceptors (Lipinski definition) is 1. The van der Waals surface area contributed by atoms with Crippen LogP contribution in [0.4, 0.5) is 4.39 Å². The van der Waals surface area contributed by atoms with Gasteiger partial charge in [-0.2, -0.15) is 0 Å². The molecule has 2 aromatic carbocycles. The van der Waals surface area contributed by atoms with E-state index in [0.29, 0.717) is 13.0 Å². The molecule has 0 aliphatic heterocycles. The lowest BCUT2D eigenvalue weighted by atomic mass is 9.79. The molecule has 0 heterocycles. The minimum atomic E-state index is -0.196. The monoisotopic (exact) mass is 422 g/mol. The van der Waals surface area contributed by atoms with Crippen molar-refractivity contribution in [3.63, 3.8) is 0 Å². The maximum atomic E-state index is 12.2. The van der Waals surface area contributed by atoms with Gasteiger partial charge in [0.15, 0.2) is 0 Å². The molecule has 0 saturated heterocycles. The molecule has 168 valence electrons. The van der Waals surface area contributed by atoms with Crippen molar-refractivity contribution in [1.82, 2.24) is 0 Å². The molecule has 0 amide bonds. The van der Waals surface area contributed by atoms with Gasteiger partial charge in [0.05, 0.1) is 13.3 Å².